The van der Waals surface area contributed by atoms with Crippen LogP contribution in [0.2, 0.25) is 0 Å². The molecule has 0 radical (unpaired) electrons. The number of amides is 2. The molecular weight excluding hydrogens is 500 g/mol. The third-order valence-corrected chi connectivity index (χ3v) is 7.77. The average molecular weight is 530 g/mol. The van der Waals surface area contributed by atoms with Crippen LogP contribution in [-0.4, -0.2) is 31.5 Å². The number of methoxy groups -OCH3 is 1. The van der Waals surface area contributed by atoms with Gasteiger partial charge in [-0.05, 0) is 64.7 Å². The van der Waals surface area contributed by atoms with E-state index in [-0.39, 0.29) is 24.4 Å². The maximum absolute atomic E-state index is 13.4. The second-order valence-corrected chi connectivity index (χ2v) is 10.4. The van der Waals surface area contributed by atoms with E-state index in [9.17, 15) is 9.59 Å². The zero-order valence-electron chi connectivity index (χ0n) is 18.8. The molecule has 1 saturated carbocycles. The summed E-state index contributed by atoms with van der Waals surface area (Å²) in [6.07, 6.45) is 9.96. The van der Waals surface area contributed by atoms with Crippen molar-refractivity contribution in [1.29, 1.82) is 0 Å². The van der Waals surface area contributed by atoms with Crippen LogP contribution in [0.1, 0.15) is 50.5 Å². The lowest BCUT2D eigenvalue weighted by Gasteiger charge is -2.30. The van der Waals surface area contributed by atoms with Gasteiger partial charge in [0.05, 0.1) is 22.2 Å². The summed E-state index contributed by atoms with van der Waals surface area (Å²) >= 11 is 4.94. The van der Waals surface area contributed by atoms with E-state index < -0.39 is 0 Å². The molecule has 0 atom stereocenters. The number of hydrogen-bond donors (Lipinski definition) is 1. The van der Waals surface area contributed by atoms with Crippen LogP contribution in [0, 0.1) is 0 Å². The molecule has 7 heteroatoms. The quantitative estimate of drug-likeness (QED) is 0.471. The van der Waals surface area contributed by atoms with E-state index in [0.717, 1.165) is 52.1 Å². The number of anilines is 1. The van der Waals surface area contributed by atoms with Gasteiger partial charge in [-0.25, -0.2) is 0 Å². The molecule has 1 aliphatic heterocycles. The standard InChI is InChI=1S/C26H29BrN2O3S/c1-32-22-14-13-18(15-20(22)27)16-24-26(31)29(21-11-7-8-12-23(21)33-24)17-25(30)28-19-9-5-3-2-4-6-10-19/h7-8,11-16,19H,2-6,9-10,17H2,1H3,(H,28,30). The van der Waals surface area contributed by atoms with Crippen molar-refractivity contribution in [3.8, 4) is 5.75 Å². The Balaban J connectivity index is 1.54. The first-order valence-corrected chi connectivity index (χ1v) is 13.1. The number of carbonyl (C=O) groups excluding carboxylic acids is 2. The SMILES string of the molecule is COc1ccc(C=C2Sc3ccccc3N(CC(=O)NC3CCCCCCC3)C2=O)cc1Br. The topological polar surface area (TPSA) is 58.6 Å². The van der Waals surface area contributed by atoms with Gasteiger partial charge in [0.2, 0.25) is 5.91 Å². The van der Waals surface area contributed by atoms with Gasteiger partial charge in [-0.1, -0.05) is 62.1 Å². The van der Waals surface area contributed by atoms with Crippen molar-refractivity contribution in [3.63, 3.8) is 0 Å². The highest BCUT2D eigenvalue weighted by Gasteiger charge is 2.31. The number of hydrogen-bond acceptors (Lipinski definition) is 4. The van der Waals surface area contributed by atoms with E-state index in [4.69, 9.17) is 4.74 Å². The molecule has 2 aliphatic rings. The van der Waals surface area contributed by atoms with E-state index in [1.165, 1.54) is 31.0 Å². The van der Waals surface area contributed by atoms with Crippen LogP contribution in [0.4, 0.5) is 5.69 Å². The van der Waals surface area contributed by atoms with Gasteiger partial charge in [0.25, 0.3) is 5.91 Å². The van der Waals surface area contributed by atoms with Crippen LogP contribution in [0.3, 0.4) is 0 Å². The molecule has 1 fully saturated rings. The minimum Gasteiger partial charge on any atom is -0.496 e. The maximum atomic E-state index is 13.4. The van der Waals surface area contributed by atoms with Gasteiger partial charge in [-0.2, -0.15) is 0 Å². The molecule has 1 aliphatic carbocycles. The predicted octanol–water partition coefficient (Wildman–Crippen LogP) is 6.17. The molecule has 5 nitrogen and oxygen atoms in total. The Bertz CT molecular complexity index is 1050. The number of ether oxygens (including phenoxy) is 1. The van der Waals surface area contributed by atoms with E-state index in [1.54, 1.807) is 12.0 Å². The van der Waals surface area contributed by atoms with Gasteiger partial charge in [0.15, 0.2) is 0 Å². The Kier molecular flexibility index (Phi) is 8.15. The van der Waals surface area contributed by atoms with Gasteiger partial charge >= 0.3 is 0 Å². The van der Waals surface area contributed by atoms with Gasteiger partial charge in [-0.3, -0.25) is 14.5 Å². The summed E-state index contributed by atoms with van der Waals surface area (Å²) in [6.45, 7) is 0.0244. The first kappa shape index (κ1) is 23.9. The molecule has 2 aromatic carbocycles. The molecule has 0 aromatic heterocycles. The second-order valence-electron chi connectivity index (χ2n) is 8.47. The molecule has 0 spiro atoms. The number of carbonyl (C=O) groups is 2. The van der Waals surface area contributed by atoms with Gasteiger partial charge in [0.1, 0.15) is 12.3 Å². The Morgan fingerprint density at radius 2 is 1.88 bits per heavy atom. The third kappa shape index (κ3) is 6.01. The van der Waals surface area contributed by atoms with E-state index in [1.807, 2.05) is 48.5 Å². The Labute approximate surface area is 208 Å². The van der Waals surface area contributed by atoms with Crippen LogP contribution < -0.4 is 15.0 Å². The molecule has 0 unspecified atom stereocenters. The molecule has 1 N–H and O–H groups in total. The number of benzene rings is 2. The summed E-state index contributed by atoms with van der Waals surface area (Å²) in [7, 11) is 1.62. The number of para-hydroxylation sites is 1. The van der Waals surface area contributed by atoms with E-state index >= 15 is 0 Å². The van der Waals surface area contributed by atoms with Gasteiger partial charge < -0.3 is 10.1 Å². The van der Waals surface area contributed by atoms with E-state index in [2.05, 4.69) is 21.2 Å². The maximum Gasteiger partial charge on any atom is 0.265 e. The van der Waals surface area contributed by atoms with Crippen molar-refractivity contribution < 1.29 is 14.3 Å². The largest absolute Gasteiger partial charge is 0.496 e. The monoisotopic (exact) mass is 528 g/mol. The van der Waals surface area contributed by atoms with Crippen molar-refractivity contribution in [3.05, 3.63) is 57.4 Å². The van der Waals surface area contributed by atoms with Crippen LogP contribution in [-0.2, 0) is 9.59 Å². The average Bonchev–Trinajstić information content (AvgIpc) is 2.78. The molecular formula is C26H29BrN2O3S. The van der Waals surface area contributed by atoms with Crippen molar-refractivity contribution in [2.75, 3.05) is 18.6 Å². The number of nitrogens with one attached hydrogen (secondary N) is 1. The van der Waals surface area contributed by atoms with Crippen LogP contribution >= 0.6 is 27.7 Å². The molecule has 2 amide bonds. The number of thioether (sulfide) groups is 1. The summed E-state index contributed by atoms with van der Waals surface area (Å²) in [5, 5.41) is 3.19. The molecule has 33 heavy (non-hydrogen) atoms. The van der Waals surface area contributed by atoms with Crippen LogP contribution in [0.5, 0.6) is 5.75 Å². The summed E-state index contributed by atoms with van der Waals surface area (Å²) < 4.78 is 6.13. The lowest BCUT2D eigenvalue weighted by Crippen LogP contribution is -2.45. The van der Waals surface area contributed by atoms with Gasteiger partial charge in [-0.15, -0.1) is 0 Å². The summed E-state index contributed by atoms with van der Waals surface area (Å²) in [4.78, 5) is 29.6. The number of rotatable bonds is 5. The number of fused-ring (bicyclic) bond motifs is 1. The fraction of sp³-hybridized carbons (Fsp3) is 0.385. The van der Waals surface area contributed by atoms with Crippen LogP contribution in [0.25, 0.3) is 6.08 Å². The van der Waals surface area contributed by atoms with Gasteiger partial charge in [0, 0.05) is 10.9 Å². The molecule has 1 heterocycles. The zero-order valence-corrected chi connectivity index (χ0v) is 21.2. The van der Waals surface area contributed by atoms with Crippen molar-refractivity contribution in [2.45, 2.75) is 55.9 Å². The van der Waals surface area contributed by atoms with Crippen molar-refractivity contribution >= 4 is 51.3 Å². The first-order valence-electron chi connectivity index (χ1n) is 11.5. The van der Waals surface area contributed by atoms with Crippen LogP contribution in [0.15, 0.2) is 56.7 Å². The zero-order chi connectivity index (χ0) is 23.2. The van der Waals surface area contributed by atoms with Crippen molar-refractivity contribution in [2.24, 2.45) is 0 Å². The fourth-order valence-electron chi connectivity index (χ4n) is 4.36. The molecule has 2 aromatic rings. The first-order chi connectivity index (χ1) is 16.0. The highest BCUT2D eigenvalue weighted by atomic mass is 79.9. The Morgan fingerprint density at radius 1 is 1.15 bits per heavy atom. The smallest absolute Gasteiger partial charge is 0.265 e. The minimum absolute atomic E-state index is 0.0244. The lowest BCUT2D eigenvalue weighted by atomic mass is 9.97. The Morgan fingerprint density at radius 3 is 2.61 bits per heavy atom. The normalized spacial score (nSPS) is 18.4. The Hall–Kier alpha value is -2.25. The molecule has 0 saturated heterocycles. The lowest BCUT2D eigenvalue weighted by molar-refractivity contribution is -0.123. The highest BCUT2D eigenvalue weighted by Crippen LogP contribution is 2.42. The van der Waals surface area contributed by atoms with Crippen molar-refractivity contribution in [1.82, 2.24) is 5.32 Å². The summed E-state index contributed by atoms with van der Waals surface area (Å²) in [6, 6.07) is 13.7. The predicted molar refractivity (Wildman–Crippen MR) is 138 cm³/mol. The number of nitrogens with zero attached hydrogens (tertiary/aromatic N) is 1. The molecule has 0 bridgehead atoms. The second kappa shape index (κ2) is 11.3. The van der Waals surface area contributed by atoms with E-state index in [0.29, 0.717) is 4.91 Å². The summed E-state index contributed by atoms with van der Waals surface area (Å²) in [5.41, 5.74) is 1.67. The molecule has 4 rings (SSSR count). The number of halogens is 1. The molecule has 174 valence electrons. The highest BCUT2D eigenvalue weighted by molar-refractivity contribution is 9.10. The fourth-order valence-corrected chi connectivity index (χ4v) is 5.98. The minimum atomic E-state index is -0.154. The summed E-state index contributed by atoms with van der Waals surface area (Å²) in [5.74, 6) is 0.484. The third-order valence-electron chi connectivity index (χ3n) is 6.08.